The predicted molar refractivity (Wildman–Crippen MR) is 40.8 cm³/mol. The van der Waals surface area contributed by atoms with Gasteiger partial charge in [-0.05, 0) is 13.3 Å². The summed E-state index contributed by atoms with van der Waals surface area (Å²) in [7, 11) is 0. The zero-order valence-electron chi connectivity index (χ0n) is 6.95. The molecular formula is C8H12O4. The molecule has 12 heavy (non-hydrogen) atoms. The number of carboxylic acid groups (broad SMARTS) is 1. The lowest BCUT2D eigenvalue weighted by Crippen LogP contribution is -2.18. The largest absolute Gasteiger partial charge is 0.481 e. The Bertz CT molecular complexity index is 195. The fourth-order valence-electron chi connectivity index (χ4n) is 1.14. The lowest BCUT2D eigenvalue weighted by Gasteiger charge is -2.07. The molecule has 1 N–H and O–H groups in total. The van der Waals surface area contributed by atoms with Crippen molar-refractivity contribution < 1.29 is 19.4 Å². The van der Waals surface area contributed by atoms with Gasteiger partial charge in [-0.1, -0.05) is 0 Å². The minimum Gasteiger partial charge on any atom is -0.481 e. The summed E-state index contributed by atoms with van der Waals surface area (Å²) in [4.78, 5) is 21.2. The second kappa shape index (κ2) is 3.67. The number of ether oxygens (including phenoxy) is 1. The molecular weight excluding hydrogens is 160 g/mol. The maximum atomic E-state index is 10.7. The minimum atomic E-state index is -0.902. The standard InChI is InChI=1S/C8H12O4/c1-5(9)2-6(8(10)11)3-7-4-12-7/h6-7H,2-4H2,1H3,(H,10,11). The Balaban J connectivity index is 2.36. The second-order valence-electron chi connectivity index (χ2n) is 3.13. The molecule has 0 aromatic heterocycles. The summed E-state index contributed by atoms with van der Waals surface area (Å²) < 4.78 is 4.90. The van der Waals surface area contributed by atoms with Crippen LogP contribution in [0.3, 0.4) is 0 Å². The maximum Gasteiger partial charge on any atom is 0.307 e. The number of carbonyl (C=O) groups is 2. The van der Waals surface area contributed by atoms with Crippen molar-refractivity contribution in [1.82, 2.24) is 0 Å². The average Bonchev–Trinajstić information content (AvgIpc) is 2.68. The van der Waals surface area contributed by atoms with E-state index in [1.165, 1.54) is 6.92 Å². The van der Waals surface area contributed by atoms with Crippen molar-refractivity contribution >= 4 is 11.8 Å². The van der Waals surface area contributed by atoms with Crippen molar-refractivity contribution in [3.05, 3.63) is 0 Å². The molecule has 68 valence electrons. The summed E-state index contributed by atoms with van der Waals surface area (Å²) in [5, 5.41) is 8.69. The first-order valence-corrected chi connectivity index (χ1v) is 3.93. The van der Waals surface area contributed by atoms with E-state index < -0.39 is 11.9 Å². The number of rotatable bonds is 5. The number of aliphatic carboxylic acids is 1. The average molecular weight is 172 g/mol. The molecule has 0 aromatic rings. The van der Waals surface area contributed by atoms with Crippen molar-refractivity contribution in [1.29, 1.82) is 0 Å². The van der Waals surface area contributed by atoms with Crippen LogP contribution in [0.15, 0.2) is 0 Å². The van der Waals surface area contributed by atoms with Crippen LogP contribution in [0.1, 0.15) is 19.8 Å². The molecule has 0 spiro atoms. The summed E-state index contributed by atoms with van der Waals surface area (Å²) in [5.41, 5.74) is 0. The molecule has 2 atom stereocenters. The quantitative estimate of drug-likeness (QED) is 0.611. The molecule has 0 bridgehead atoms. The smallest absolute Gasteiger partial charge is 0.307 e. The van der Waals surface area contributed by atoms with Crippen LogP contribution < -0.4 is 0 Å². The van der Waals surface area contributed by atoms with Crippen molar-refractivity contribution in [3.63, 3.8) is 0 Å². The van der Waals surface area contributed by atoms with Gasteiger partial charge in [0.15, 0.2) is 0 Å². The topological polar surface area (TPSA) is 66.9 Å². The van der Waals surface area contributed by atoms with Gasteiger partial charge in [-0.15, -0.1) is 0 Å². The fourth-order valence-corrected chi connectivity index (χ4v) is 1.14. The summed E-state index contributed by atoms with van der Waals surface area (Å²) in [6.45, 7) is 2.05. The Morgan fingerprint density at radius 1 is 1.67 bits per heavy atom. The van der Waals surface area contributed by atoms with Gasteiger partial charge in [0.05, 0.1) is 18.6 Å². The first-order valence-electron chi connectivity index (χ1n) is 3.93. The monoisotopic (exact) mass is 172 g/mol. The Labute approximate surface area is 70.5 Å². The van der Waals surface area contributed by atoms with Crippen LogP contribution in [0.25, 0.3) is 0 Å². The van der Waals surface area contributed by atoms with E-state index in [-0.39, 0.29) is 18.3 Å². The van der Waals surface area contributed by atoms with Gasteiger partial charge in [0, 0.05) is 6.42 Å². The maximum absolute atomic E-state index is 10.7. The zero-order valence-corrected chi connectivity index (χ0v) is 6.95. The van der Waals surface area contributed by atoms with E-state index in [2.05, 4.69) is 0 Å². The van der Waals surface area contributed by atoms with E-state index in [0.717, 1.165) is 0 Å². The van der Waals surface area contributed by atoms with Gasteiger partial charge in [-0.3, -0.25) is 4.79 Å². The first kappa shape index (κ1) is 9.19. The predicted octanol–water partition coefficient (Wildman–Crippen LogP) is 0.455. The van der Waals surface area contributed by atoms with Crippen LogP contribution in [0.5, 0.6) is 0 Å². The van der Waals surface area contributed by atoms with Gasteiger partial charge >= 0.3 is 5.97 Å². The number of epoxide rings is 1. The number of carboxylic acids is 1. The van der Waals surface area contributed by atoms with Crippen LogP contribution in [0.2, 0.25) is 0 Å². The molecule has 0 aliphatic carbocycles. The van der Waals surface area contributed by atoms with E-state index in [1.54, 1.807) is 0 Å². The molecule has 2 unspecified atom stereocenters. The van der Waals surface area contributed by atoms with Crippen LogP contribution in [0.4, 0.5) is 0 Å². The highest BCUT2D eigenvalue weighted by Gasteiger charge is 2.30. The van der Waals surface area contributed by atoms with E-state index >= 15 is 0 Å². The normalized spacial score (nSPS) is 23.2. The van der Waals surface area contributed by atoms with Crippen LogP contribution >= 0.6 is 0 Å². The molecule has 4 heteroatoms. The number of carbonyl (C=O) groups excluding carboxylic acids is 1. The number of hydrogen-bond donors (Lipinski definition) is 1. The molecule has 1 fully saturated rings. The number of ketones is 1. The lowest BCUT2D eigenvalue weighted by molar-refractivity contribution is -0.144. The molecule has 1 aliphatic rings. The van der Waals surface area contributed by atoms with E-state index in [9.17, 15) is 9.59 Å². The van der Waals surface area contributed by atoms with Gasteiger partial charge in [-0.2, -0.15) is 0 Å². The molecule has 1 rings (SSSR count). The molecule has 0 saturated carbocycles. The summed E-state index contributed by atoms with van der Waals surface area (Å²) in [6, 6.07) is 0. The Morgan fingerprint density at radius 2 is 2.25 bits per heavy atom. The molecule has 0 radical (unpaired) electrons. The van der Waals surface area contributed by atoms with Crippen LogP contribution in [-0.2, 0) is 14.3 Å². The molecule has 0 amide bonds. The highest BCUT2D eigenvalue weighted by atomic mass is 16.6. The number of Topliss-reactive ketones (excluding diaryl/α,β-unsaturated/α-hetero) is 1. The van der Waals surface area contributed by atoms with Crippen molar-refractivity contribution in [2.45, 2.75) is 25.9 Å². The van der Waals surface area contributed by atoms with E-state index in [4.69, 9.17) is 9.84 Å². The third-order valence-corrected chi connectivity index (χ3v) is 1.83. The van der Waals surface area contributed by atoms with Crippen molar-refractivity contribution in [3.8, 4) is 0 Å². The zero-order chi connectivity index (χ0) is 9.14. The number of hydrogen-bond acceptors (Lipinski definition) is 3. The third kappa shape index (κ3) is 3.00. The summed E-state index contributed by atoms with van der Waals surface area (Å²) >= 11 is 0. The molecule has 1 heterocycles. The fraction of sp³-hybridized carbons (Fsp3) is 0.750. The Hall–Kier alpha value is -0.900. The van der Waals surface area contributed by atoms with E-state index in [1.807, 2.05) is 0 Å². The molecule has 1 saturated heterocycles. The van der Waals surface area contributed by atoms with Crippen LogP contribution in [0, 0.1) is 5.92 Å². The van der Waals surface area contributed by atoms with Gasteiger partial charge in [0.1, 0.15) is 5.78 Å². The van der Waals surface area contributed by atoms with Crippen molar-refractivity contribution in [2.75, 3.05) is 6.61 Å². The van der Waals surface area contributed by atoms with Gasteiger partial charge in [-0.25, -0.2) is 0 Å². The molecule has 4 nitrogen and oxygen atoms in total. The van der Waals surface area contributed by atoms with Crippen molar-refractivity contribution in [2.24, 2.45) is 5.92 Å². The lowest BCUT2D eigenvalue weighted by atomic mass is 9.98. The van der Waals surface area contributed by atoms with Gasteiger partial charge < -0.3 is 14.6 Å². The minimum absolute atomic E-state index is 0.0745. The highest BCUT2D eigenvalue weighted by molar-refractivity contribution is 5.82. The van der Waals surface area contributed by atoms with Gasteiger partial charge in [0.2, 0.25) is 0 Å². The second-order valence-corrected chi connectivity index (χ2v) is 3.13. The Kier molecular flexibility index (Phi) is 2.81. The van der Waals surface area contributed by atoms with E-state index in [0.29, 0.717) is 13.0 Å². The first-order chi connectivity index (χ1) is 5.59. The molecule has 1 aliphatic heterocycles. The van der Waals surface area contributed by atoms with Crippen LogP contribution in [-0.4, -0.2) is 29.6 Å². The highest BCUT2D eigenvalue weighted by Crippen LogP contribution is 2.22. The van der Waals surface area contributed by atoms with Gasteiger partial charge in [0.25, 0.3) is 0 Å². The SMILES string of the molecule is CC(=O)CC(CC1CO1)C(=O)O. The summed E-state index contributed by atoms with van der Waals surface area (Å²) in [5.74, 6) is -1.54. The Morgan fingerprint density at radius 3 is 2.58 bits per heavy atom. The summed E-state index contributed by atoms with van der Waals surface area (Å²) in [6.07, 6.45) is 0.662. The molecule has 0 aromatic carbocycles. The third-order valence-electron chi connectivity index (χ3n) is 1.83.